The Morgan fingerprint density at radius 2 is 1.89 bits per heavy atom. The Morgan fingerprint density at radius 1 is 1.17 bits per heavy atom. The molecule has 1 fully saturated rings. The van der Waals surface area contributed by atoms with Crippen LogP contribution in [0, 0.1) is 11.3 Å². The molecule has 0 saturated carbocycles. The van der Waals surface area contributed by atoms with Gasteiger partial charge in [0.25, 0.3) is 0 Å². The topological polar surface area (TPSA) is 124 Å². The van der Waals surface area contributed by atoms with Crippen molar-refractivity contribution in [3.05, 3.63) is 47.7 Å². The largest absolute Gasteiger partial charge is 0.427 e. The molecule has 2 unspecified atom stereocenters. The van der Waals surface area contributed by atoms with Gasteiger partial charge < -0.3 is 19.6 Å². The van der Waals surface area contributed by atoms with E-state index in [4.69, 9.17) is 14.3 Å². The van der Waals surface area contributed by atoms with E-state index in [9.17, 15) is 19.2 Å². The first-order valence-electron chi connectivity index (χ1n) is 11.5. The summed E-state index contributed by atoms with van der Waals surface area (Å²) in [5.74, 6) is -1.56. The molecule has 0 spiro atoms. The highest BCUT2D eigenvalue weighted by atomic mass is 32.2. The highest BCUT2D eigenvalue weighted by Crippen LogP contribution is 2.41. The lowest BCUT2D eigenvalue weighted by molar-refractivity contribution is -0.174. The normalized spacial score (nSPS) is 19.4. The number of nitrogens with one attached hydrogen (secondary N) is 1. The first kappa shape index (κ1) is 27.3. The van der Waals surface area contributed by atoms with Crippen LogP contribution in [0.3, 0.4) is 0 Å². The molecule has 1 aromatic rings. The maximum absolute atomic E-state index is 12.7. The first-order valence-corrected chi connectivity index (χ1v) is 12.6. The third kappa shape index (κ3) is 7.09. The summed E-state index contributed by atoms with van der Waals surface area (Å²) in [5.41, 5.74) is 0.896. The van der Waals surface area contributed by atoms with E-state index in [0.717, 1.165) is 5.56 Å². The molecular weight excluding hydrogens is 486 g/mol. The van der Waals surface area contributed by atoms with Crippen LogP contribution in [0.5, 0.6) is 0 Å². The number of nitrogens with zero attached hydrogens (tertiary/aromatic N) is 2. The van der Waals surface area contributed by atoms with E-state index in [0.29, 0.717) is 11.5 Å². The number of esters is 2. The van der Waals surface area contributed by atoms with E-state index in [-0.39, 0.29) is 42.5 Å². The zero-order chi connectivity index (χ0) is 26.3. The van der Waals surface area contributed by atoms with E-state index in [1.165, 1.54) is 16.7 Å². The van der Waals surface area contributed by atoms with E-state index < -0.39 is 30.1 Å². The Kier molecular flexibility index (Phi) is 9.14. The fraction of sp³-hybridized carbons (Fsp3) is 0.480. The third-order valence-electron chi connectivity index (χ3n) is 5.38. The van der Waals surface area contributed by atoms with Gasteiger partial charge in [0.15, 0.2) is 0 Å². The minimum atomic E-state index is -0.727. The zero-order valence-electron chi connectivity index (χ0n) is 20.8. The van der Waals surface area contributed by atoms with E-state index in [1.54, 1.807) is 33.8 Å². The molecule has 0 aliphatic carbocycles. The molecule has 3 rings (SSSR count). The van der Waals surface area contributed by atoms with Gasteiger partial charge in [0, 0.05) is 5.75 Å². The number of fused-ring (bicyclic) bond motifs is 1. The fourth-order valence-electron chi connectivity index (χ4n) is 3.39. The van der Waals surface area contributed by atoms with Gasteiger partial charge in [0.2, 0.25) is 18.6 Å². The SMILES string of the molecule is C/C(CNC(=O)Cc1ccccc1)=N\OCC1C(=O)N2C(C(=O)OCOC(=O)C(C)(C)C)=CCSC12. The van der Waals surface area contributed by atoms with Gasteiger partial charge in [-0.25, -0.2) is 4.79 Å². The van der Waals surface area contributed by atoms with Crippen LogP contribution in [0.25, 0.3) is 0 Å². The first-order chi connectivity index (χ1) is 17.1. The summed E-state index contributed by atoms with van der Waals surface area (Å²) in [7, 11) is 0. The van der Waals surface area contributed by atoms with Crippen LogP contribution < -0.4 is 5.32 Å². The lowest BCUT2D eigenvalue weighted by Gasteiger charge is -2.47. The number of hydrogen-bond donors (Lipinski definition) is 1. The Bertz CT molecular complexity index is 1050. The second kappa shape index (κ2) is 12.1. The van der Waals surface area contributed by atoms with E-state index in [1.807, 2.05) is 30.3 Å². The molecule has 0 bridgehead atoms. The van der Waals surface area contributed by atoms with Crippen LogP contribution in [-0.4, -0.2) is 65.4 Å². The third-order valence-corrected chi connectivity index (χ3v) is 6.62. The summed E-state index contributed by atoms with van der Waals surface area (Å²) in [6.07, 6.45) is 1.89. The second-order valence-electron chi connectivity index (χ2n) is 9.42. The van der Waals surface area contributed by atoms with Crippen LogP contribution in [-0.2, 0) is 39.9 Å². The van der Waals surface area contributed by atoms with Gasteiger partial charge >= 0.3 is 11.9 Å². The molecule has 1 aromatic carbocycles. The second-order valence-corrected chi connectivity index (χ2v) is 10.6. The molecule has 1 N–H and O–H groups in total. The van der Waals surface area contributed by atoms with Gasteiger partial charge in [0.1, 0.15) is 18.2 Å². The summed E-state index contributed by atoms with van der Waals surface area (Å²) in [6.45, 7) is 6.55. The summed E-state index contributed by atoms with van der Waals surface area (Å²) in [4.78, 5) is 55.7. The highest BCUT2D eigenvalue weighted by Gasteiger charge is 2.52. The smallest absolute Gasteiger partial charge is 0.357 e. The number of β-lactam (4-membered cyclic amide) rings is 1. The average Bonchev–Trinajstić information content (AvgIpc) is 2.84. The minimum Gasteiger partial charge on any atom is -0.427 e. The lowest BCUT2D eigenvalue weighted by Crippen LogP contribution is -2.62. The number of carbonyl (C=O) groups is 4. The number of rotatable bonds is 10. The molecule has 0 aromatic heterocycles. The van der Waals surface area contributed by atoms with Crippen molar-refractivity contribution in [2.75, 3.05) is 25.7 Å². The van der Waals surface area contributed by atoms with Crippen molar-refractivity contribution in [3.8, 4) is 0 Å². The van der Waals surface area contributed by atoms with Gasteiger partial charge in [0.05, 0.1) is 29.5 Å². The molecule has 36 heavy (non-hydrogen) atoms. The molecule has 2 heterocycles. The zero-order valence-corrected chi connectivity index (χ0v) is 21.6. The Morgan fingerprint density at radius 3 is 2.58 bits per heavy atom. The molecule has 194 valence electrons. The molecule has 0 radical (unpaired) electrons. The number of hydrogen-bond acceptors (Lipinski definition) is 9. The molecule has 10 nitrogen and oxygen atoms in total. The molecule has 1 saturated heterocycles. The van der Waals surface area contributed by atoms with Gasteiger partial charge in [-0.2, -0.15) is 0 Å². The van der Waals surface area contributed by atoms with E-state index in [2.05, 4.69) is 10.5 Å². The minimum absolute atomic E-state index is 0.0494. The van der Waals surface area contributed by atoms with Crippen LogP contribution >= 0.6 is 11.8 Å². The maximum atomic E-state index is 12.7. The maximum Gasteiger partial charge on any atom is 0.357 e. The quantitative estimate of drug-likeness (QED) is 0.165. The van der Waals surface area contributed by atoms with Crippen molar-refractivity contribution in [1.82, 2.24) is 10.2 Å². The molecular formula is C25H31N3O7S. The summed E-state index contributed by atoms with van der Waals surface area (Å²) >= 11 is 1.50. The number of benzene rings is 1. The van der Waals surface area contributed by atoms with Gasteiger partial charge in [-0.1, -0.05) is 35.5 Å². The Labute approximate surface area is 214 Å². The monoisotopic (exact) mass is 517 g/mol. The summed E-state index contributed by atoms with van der Waals surface area (Å²) in [6, 6.07) is 9.41. The van der Waals surface area contributed by atoms with Gasteiger partial charge in [-0.15, -0.1) is 11.8 Å². The summed E-state index contributed by atoms with van der Waals surface area (Å²) < 4.78 is 10.00. The van der Waals surface area contributed by atoms with Crippen LogP contribution in [0.4, 0.5) is 0 Å². The summed E-state index contributed by atoms with van der Waals surface area (Å²) in [5, 5.41) is 6.50. The predicted octanol–water partition coefficient (Wildman–Crippen LogP) is 2.24. The molecule has 11 heteroatoms. The number of thioether (sulfide) groups is 1. The number of ether oxygens (including phenoxy) is 2. The standard InChI is InChI=1S/C25H31N3O7S/c1-16(13-26-20(29)12-17-8-6-5-7-9-17)27-35-14-18-21(30)28-19(10-11-36-22(18)28)23(31)33-15-34-24(32)25(2,3)4/h5-10,18,22H,11-15H2,1-4H3,(H,26,29)/b27-16+. The molecule has 2 amide bonds. The van der Waals surface area contributed by atoms with Crippen LogP contribution in [0.15, 0.2) is 47.3 Å². The van der Waals surface area contributed by atoms with Crippen LogP contribution in [0.1, 0.15) is 33.3 Å². The van der Waals surface area contributed by atoms with Crippen molar-refractivity contribution < 1.29 is 33.5 Å². The number of carbonyl (C=O) groups excluding carboxylic acids is 4. The number of amides is 2. The van der Waals surface area contributed by atoms with Crippen LogP contribution in [0.2, 0.25) is 0 Å². The average molecular weight is 518 g/mol. The van der Waals surface area contributed by atoms with Crippen molar-refractivity contribution in [2.24, 2.45) is 16.5 Å². The predicted molar refractivity (Wildman–Crippen MR) is 133 cm³/mol. The number of oxime groups is 1. The van der Waals surface area contributed by atoms with Crippen molar-refractivity contribution in [1.29, 1.82) is 0 Å². The molecule has 2 aliphatic heterocycles. The van der Waals surface area contributed by atoms with Gasteiger partial charge in [-0.3, -0.25) is 19.3 Å². The fourth-order valence-corrected chi connectivity index (χ4v) is 4.63. The highest BCUT2D eigenvalue weighted by molar-refractivity contribution is 8.00. The Balaban J connectivity index is 1.41. The van der Waals surface area contributed by atoms with Crippen molar-refractivity contribution in [2.45, 2.75) is 39.5 Å². The Hall–Kier alpha value is -3.34. The van der Waals surface area contributed by atoms with Crippen molar-refractivity contribution >= 4 is 41.2 Å². The molecule has 2 atom stereocenters. The molecule has 2 aliphatic rings. The van der Waals surface area contributed by atoms with Gasteiger partial charge in [-0.05, 0) is 39.3 Å². The van der Waals surface area contributed by atoms with E-state index >= 15 is 0 Å². The van der Waals surface area contributed by atoms with Crippen molar-refractivity contribution in [3.63, 3.8) is 0 Å². The lowest BCUT2D eigenvalue weighted by atomic mass is 9.97.